The molecule has 0 fully saturated rings. The number of hydrogen-bond acceptors (Lipinski definition) is 2. The molecule has 0 saturated heterocycles. The topological polar surface area (TPSA) is 26.0 Å². The average molecular weight is 382 g/mol. The van der Waals surface area contributed by atoms with Gasteiger partial charge in [-0.3, -0.25) is 0 Å². The molecule has 1 heterocycles. The Morgan fingerprint density at radius 3 is 2.82 bits per heavy atom. The van der Waals surface area contributed by atoms with E-state index in [2.05, 4.69) is 22.6 Å². The van der Waals surface area contributed by atoms with Crippen molar-refractivity contribution in [3.63, 3.8) is 0 Å². The third-order valence-electron chi connectivity index (χ3n) is 2.46. The van der Waals surface area contributed by atoms with E-state index in [9.17, 15) is 4.39 Å². The molecular weight excluding hydrogens is 372 g/mol. The lowest BCUT2D eigenvalue weighted by Crippen LogP contribution is -2.13. The van der Waals surface area contributed by atoms with E-state index in [1.165, 1.54) is 8.95 Å². The molecular formula is C12H10ClFINS. The zero-order valence-corrected chi connectivity index (χ0v) is 12.5. The SMILES string of the molecule is NC(Cc1cc(Cl)ccc1F)c1csc(I)c1. The van der Waals surface area contributed by atoms with Gasteiger partial charge in [-0.2, -0.15) is 0 Å². The highest BCUT2D eigenvalue weighted by Gasteiger charge is 2.12. The minimum atomic E-state index is -0.255. The van der Waals surface area contributed by atoms with E-state index in [1.54, 1.807) is 23.5 Å². The largest absolute Gasteiger partial charge is 0.324 e. The number of hydrogen-bond donors (Lipinski definition) is 1. The smallest absolute Gasteiger partial charge is 0.126 e. The molecule has 5 heteroatoms. The molecule has 0 aliphatic heterocycles. The monoisotopic (exact) mass is 381 g/mol. The van der Waals surface area contributed by atoms with Gasteiger partial charge in [0, 0.05) is 11.1 Å². The fourth-order valence-corrected chi connectivity index (χ4v) is 3.20. The Hall–Kier alpha value is -0.170. The molecule has 0 radical (unpaired) electrons. The van der Waals surface area contributed by atoms with Crippen LogP contribution in [0.4, 0.5) is 4.39 Å². The highest BCUT2D eigenvalue weighted by Crippen LogP contribution is 2.25. The number of thiophene rings is 1. The Kier molecular flexibility index (Phi) is 4.41. The summed E-state index contributed by atoms with van der Waals surface area (Å²) >= 11 is 9.73. The average Bonchev–Trinajstić information content (AvgIpc) is 2.70. The lowest BCUT2D eigenvalue weighted by molar-refractivity contribution is 0.593. The summed E-state index contributed by atoms with van der Waals surface area (Å²) in [7, 11) is 0. The predicted molar refractivity (Wildman–Crippen MR) is 79.1 cm³/mol. The predicted octanol–water partition coefficient (Wildman–Crippen LogP) is 4.39. The Morgan fingerprint density at radius 2 is 2.18 bits per heavy atom. The summed E-state index contributed by atoms with van der Waals surface area (Å²) in [5, 5.41) is 2.54. The first-order chi connectivity index (χ1) is 8.06. The van der Waals surface area contributed by atoms with Gasteiger partial charge in [-0.15, -0.1) is 11.3 Å². The van der Waals surface area contributed by atoms with E-state index in [4.69, 9.17) is 17.3 Å². The van der Waals surface area contributed by atoms with Gasteiger partial charge in [0.2, 0.25) is 0 Å². The fraction of sp³-hybridized carbons (Fsp3) is 0.167. The van der Waals surface area contributed by atoms with Gasteiger partial charge in [0.15, 0.2) is 0 Å². The Bertz CT molecular complexity index is 529. The van der Waals surface area contributed by atoms with Crippen LogP contribution in [0.3, 0.4) is 0 Å². The van der Waals surface area contributed by atoms with E-state index in [-0.39, 0.29) is 11.9 Å². The van der Waals surface area contributed by atoms with Crippen LogP contribution in [0, 0.1) is 8.70 Å². The third-order valence-corrected chi connectivity index (χ3v) is 4.51. The first-order valence-electron chi connectivity index (χ1n) is 4.99. The normalized spacial score (nSPS) is 12.7. The van der Waals surface area contributed by atoms with Gasteiger partial charge < -0.3 is 5.73 Å². The van der Waals surface area contributed by atoms with Crippen LogP contribution in [0.25, 0.3) is 0 Å². The number of nitrogens with two attached hydrogens (primary N) is 1. The zero-order chi connectivity index (χ0) is 12.4. The Balaban J connectivity index is 2.18. The van der Waals surface area contributed by atoms with Crippen LogP contribution in [0.1, 0.15) is 17.2 Å². The van der Waals surface area contributed by atoms with Gasteiger partial charge in [0.25, 0.3) is 0 Å². The van der Waals surface area contributed by atoms with E-state index >= 15 is 0 Å². The maximum absolute atomic E-state index is 13.5. The van der Waals surface area contributed by atoms with Gasteiger partial charge in [0.1, 0.15) is 5.82 Å². The van der Waals surface area contributed by atoms with Crippen LogP contribution in [0.5, 0.6) is 0 Å². The minimum Gasteiger partial charge on any atom is -0.324 e. The second kappa shape index (κ2) is 5.65. The van der Waals surface area contributed by atoms with Gasteiger partial charge in [0.05, 0.1) is 2.88 Å². The molecule has 1 atom stereocenters. The molecule has 1 aromatic carbocycles. The molecule has 0 aliphatic carbocycles. The van der Waals surface area contributed by atoms with Crippen LogP contribution in [0.15, 0.2) is 29.6 Å². The van der Waals surface area contributed by atoms with E-state index < -0.39 is 0 Å². The van der Waals surface area contributed by atoms with E-state index in [1.807, 2.05) is 11.4 Å². The first-order valence-corrected chi connectivity index (χ1v) is 7.33. The third kappa shape index (κ3) is 3.40. The lowest BCUT2D eigenvalue weighted by Gasteiger charge is -2.11. The molecule has 2 N–H and O–H groups in total. The van der Waals surface area contributed by atoms with Crippen molar-refractivity contribution in [3.8, 4) is 0 Å². The summed E-state index contributed by atoms with van der Waals surface area (Å²) in [6, 6.07) is 6.39. The van der Waals surface area contributed by atoms with Crippen molar-refractivity contribution < 1.29 is 4.39 Å². The van der Waals surface area contributed by atoms with Gasteiger partial charge >= 0.3 is 0 Å². The molecule has 0 saturated carbocycles. The van der Waals surface area contributed by atoms with Crippen molar-refractivity contribution in [2.45, 2.75) is 12.5 Å². The lowest BCUT2D eigenvalue weighted by atomic mass is 10.0. The summed E-state index contributed by atoms with van der Waals surface area (Å²) in [5.41, 5.74) is 7.65. The summed E-state index contributed by atoms with van der Waals surface area (Å²) in [6.45, 7) is 0. The molecule has 17 heavy (non-hydrogen) atoms. The zero-order valence-electron chi connectivity index (χ0n) is 8.79. The molecule has 0 aliphatic rings. The van der Waals surface area contributed by atoms with E-state index in [0.29, 0.717) is 17.0 Å². The highest BCUT2D eigenvalue weighted by molar-refractivity contribution is 14.1. The number of halogens is 3. The fourth-order valence-electron chi connectivity index (χ4n) is 1.57. The Labute approximate surface area is 122 Å². The van der Waals surface area contributed by atoms with Crippen LogP contribution < -0.4 is 5.73 Å². The quantitative estimate of drug-likeness (QED) is 0.784. The van der Waals surface area contributed by atoms with Crippen molar-refractivity contribution in [2.75, 3.05) is 0 Å². The second-order valence-corrected chi connectivity index (χ2v) is 6.97. The summed E-state index contributed by atoms with van der Waals surface area (Å²) in [4.78, 5) is 0. The van der Waals surface area contributed by atoms with Gasteiger partial charge in [-0.1, -0.05) is 11.6 Å². The number of rotatable bonds is 3. The van der Waals surface area contributed by atoms with Crippen molar-refractivity contribution in [1.29, 1.82) is 0 Å². The van der Waals surface area contributed by atoms with Crippen LogP contribution in [-0.2, 0) is 6.42 Å². The summed E-state index contributed by atoms with van der Waals surface area (Å²) in [6.07, 6.45) is 0.458. The first kappa shape index (κ1) is 13.3. The Morgan fingerprint density at radius 1 is 1.41 bits per heavy atom. The van der Waals surface area contributed by atoms with Crippen LogP contribution in [0.2, 0.25) is 5.02 Å². The van der Waals surface area contributed by atoms with Crippen LogP contribution >= 0.6 is 45.5 Å². The van der Waals surface area contributed by atoms with Gasteiger partial charge in [-0.25, -0.2) is 4.39 Å². The van der Waals surface area contributed by atoms with Crippen LogP contribution in [-0.4, -0.2) is 0 Å². The maximum atomic E-state index is 13.5. The molecule has 0 amide bonds. The van der Waals surface area contributed by atoms with E-state index in [0.717, 1.165) is 5.56 Å². The summed E-state index contributed by atoms with van der Waals surface area (Å²) < 4.78 is 14.7. The highest BCUT2D eigenvalue weighted by atomic mass is 127. The molecule has 1 nitrogen and oxygen atoms in total. The van der Waals surface area contributed by atoms with Crippen molar-refractivity contribution >= 4 is 45.5 Å². The maximum Gasteiger partial charge on any atom is 0.126 e. The molecule has 1 unspecified atom stereocenters. The number of benzene rings is 1. The van der Waals surface area contributed by atoms with Gasteiger partial charge in [-0.05, 0) is 69.8 Å². The second-order valence-electron chi connectivity index (χ2n) is 3.73. The molecule has 0 spiro atoms. The van der Waals surface area contributed by atoms with Crippen molar-refractivity contribution in [1.82, 2.24) is 0 Å². The summed E-state index contributed by atoms with van der Waals surface area (Å²) in [5.74, 6) is -0.255. The minimum absolute atomic E-state index is 0.192. The van der Waals surface area contributed by atoms with Crippen molar-refractivity contribution in [2.24, 2.45) is 5.73 Å². The van der Waals surface area contributed by atoms with Crippen molar-refractivity contribution in [3.05, 3.63) is 54.5 Å². The molecule has 2 rings (SSSR count). The molecule has 1 aromatic heterocycles. The standard InChI is InChI=1S/C12H10ClFINS/c13-9-1-2-10(14)7(3-9)4-11(16)8-5-12(15)17-6-8/h1-3,5-6,11H,4,16H2. The molecule has 2 aromatic rings. The molecule has 0 bridgehead atoms. The molecule has 90 valence electrons.